The van der Waals surface area contributed by atoms with Crippen molar-refractivity contribution in [1.82, 2.24) is 0 Å². The van der Waals surface area contributed by atoms with Gasteiger partial charge < -0.3 is 5.48 Å². The largest absolute Gasteiger partial charge is 0.412 e. The molecule has 0 spiro atoms. The van der Waals surface area contributed by atoms with Gasteiger partial charge in [0.15, 0.2) is 0 Å². The smallest absolute Gasteiger partial charge is 0.412 e. The van der Waals surface area contributed by atoms with E-state index in [2.05, 4.69) is 115 Å². The van der Waals surface area contributed by atoms with E-state index in [1.165, 1.54) is 14.0 Å². The first-order valence-electron chi connectivity index (χ1n) is 9.07. The van der Waals surface area contributed by atoms with Crippen LogP contribution in [0.1, 0.15) is 0 Å². The second-order valence-electron chi connectivity index (χ2n) is 6.35. The van der Waals surface area contributed by atoms with Crippen molar-refractivity contribution in [2.24, 2.45) is 0 Å². The van der Waals surface area contributed by atoms with Crippen LogP contribution in [0.5, 0.6) is 5.75 Å². The van der Waals surface area contributed by atoms with Gasteiger partial charge in [-0.05, 0) is 0 Å². The van der Waals surface area contributed by atoms with Crippen LogP contribution in [-0.2, 0) is 0 Å². The maximum absolute atomic E-state index is 5.87. The van der Waals surface area contributed by atoms with E-state index in [9.17, 15) is 0 Å². The predicted octanol–water partition coefficient (Wildman–Crippen LogP) is 2.25. The molecule has 0 fully saturated rings. The molecule has 0 aliphatic heterocycles. The van der Waals surface area contributed by atoms with E-state index in [0.29, 0.717) is 0 Å². The van der Waals surface area contributed by atoms with E-state index in [0.717, 1.165) is 5.75 Å². The van der Waals surface area contributed by atoms with Gasteiger partial charge in [0, 0.05) is 0 Å². The molecule has 0 unspecified atom stereocenters. The molecule has 4 aromatic carbocycles. The first-order chi connectivity index (χ1) is 13.4. The number of hydrogen-bond donors (Lipinski definition) is 0. The van der Waals surface area contributed by atoms with E-state index in [4.69, 9.17) is 4.74 Å². The van der Waals surface area contributed by atoms with Crippen molar-refractivity contribution >= 4 is 32.8 Å². The van der Waals surface area contributed by atoms with Gasteiger partial charge in [0.25, 0.3) is 0 Å². The Morgan fingerprint density at radius 3 is 1.25 bits per heavy atom. The SMILES string of the molecule is COc1cccc[c]1[Sb]([c]1ccccc1)([c]1ccccc1)[c]1ccccc1.O. The zero-order valence-electron chi connectivity index (χ0n) is 15.8. The molecule has 28 heavy (non-hydrogen) atoms. The van der Waals surface area contributed by atoms with Gasteiger partial charge in [-0.3, -0.25) is 0 Å². The Kier molecular flexibility index (Phi) is 6.56. The predicted molar refractivity (Wildman–Crippen MR) is 120 cm³/mol. The summed E-state index contributed by atoms with van der Waals surface area (Å²) < 4.78 is 11.4. The van der Waals surface area contributed by atoms with Crippen molar-refractivity contribution < 1.29 is 10.2 Å². The standard InChI is InChI=1S/C7H7O.3C6H5.H2O.Sb/c1-8-7-5-3-2-4-6-7;3*1-2-4-6-5-3-1;;/h2-5H,1H3;3*1-5H;1H2;. The molecule has 0 atom stereocenters. The van der Waals surface area contributed by atoms with Gasteiger partial charge >= 0.3 is 166 Å². The first-order valence-corrected chi connectivity index (χ1v) is 14.2. The Balaban J connectivity index is 0.00000225. The van der Waals surface area contributed by atoms with Crippen molar-refractivity contribution in [2.45, 2.75) is 0 Å². The molecule has 3 heteroatoms. The average molecular weight is 478 g/mol. The molecular weight excluding hydrogens is 454 g/mol. The molecule has 2 N–H and O–H groups in total. The summed E-state index contributed by atoms with van der Waals surface area (Å²) in [6.45, 7) is 0. The minimum atomic E-state index is -3.38. The second kappa shape index (κ2) is 9.10. The molecule has 0 heterocycles. The Morgan fingerprint density at radius 2 is 0.857 bits per heavy atom. The van der Waals surface area contributed by atoms with Crippen LogP contribution in [0.4, 0.5) is 0 Å². The summed E-state index contributed by atoms with van der Waals surface area (Å²) in [6.07, 6.45) is 0. The van der Waals surface area contributed by atoms with Gasteiger partial charge in [0.1, 0.15) is 0 Å². The Bertz CT molecular complexity index is 905. The Morgan fingerprint density at radius 1 is 0.500 bits per heavy atom. The monoisotopic (exact) mass is 477 g/mol. The van der Waals surface area contributed by atoms with Crippen molar-refractivity contribution in [3.63, 3.8) is 0 Å². The summed E-state index contributed by atoms with van der Waals surface area (Å²) in [4.78, 5) is 0. The topological polar surface area (TPSA) is 40.7 Å². The molecule has 1 radical (unpaired) electrons. The minimum Gasteiger partial charge on any atom is -0.412 e. The van der Waals surface area contributed by atoms with Crippen LogP contribution in [-0.4, -0.2) is 31.4 Å². The van der Waals surface area contributed by atoms with Crippen LogP contribution in [0.3, 0.4) is 0 Å². The van der Waals surface area contributed by atoms with Crippen LogP contribution >= 0.6 is 0 Å². The minimum absolute atomic E-state index is 0. The summed E-state index contributed by atoms with van der Waals surface area (Å²) in [7, 11) is 1.77. The second-order valence-corrected chi connectivity index (χ2v) is 16.0. The fourth-order valence-electron chi connectivity index (χ4n) is 3.73. The number of rotatable bonds is 5. The number of benzene rings is 4. The third-order valence-corrected chi connectivity index (χ3v) is 17.2. The number of ether oxygens (including phenoxy) is 1. The normalized spacial score (nSPS) is 10.8. The zero-order valence-corrected chi connectivity index (χ0v) is 18.4. The van der Waals surface area contributed by atoms with E-state index in [1.54, 1.807) is 7.11 Å². The van der Waals surface area contributed by atoms with Crippen molar-refractivity contribution in [3.8, 4) is 5.75 Å². The third-order valence-electron chi connectivity index (χ3n) is 4.88. The quantitative estimate of drug-likeness (QED) is 0.406. The number of methoxy groups -OCH3 is 1. The molecule has 0 saturated carbocycles. The molecule has 0 bridgehead atoms. The van der Waals surface area contributed by atoms with Gasteiger partial charge in [0.2, 0.25) is 0 Å². The number of para-hydroxylation sites is 1. The van der Waals surface area contributed by atoms with Gasteiger partial charge in [-0.25, -0.2) is 0 Å². The van der Waals surface area contributed by atoms with Crippen LogP contribution in [0.25, 0.3) is 0 Å². The van der Waals surface area contributed by atoms with Crippen molar-refractivity contribution in [2.75, 3.05) is 7.11 Å². The molecule has 4 aromatic rings. The molecular formula is C25H24O2Sb. The van der Waals surface area contributed by atoms with Crippen molar-refractivity contribution in [3.05, 3.63) is 115 Å². The zero-order chi connectivity index (χ0) is 18.5. The average Bonchev–Trinajstić information content (AvgIpc) is 2.77. The molecule has 141 valence electrons. The Hall–Kier alpha value is -2.54. The summed E-state index contributed by atoms with van der Waals surface area (Å²) in [5.74, 6) is 0.972. The van der Waals surface area contributed by atoms with E-state index in [-0.39, 0.29) is 5.48 Å². The van der Waals surface area contributed by atoms with Gasteiger partial charge in [-0.1, -0.05) is 0 Å². The summed E-state index contributed by atoms with van der Waals surface area (Å²) >= 11 is -3.38. The van der Waals surface area contributed by atoms with Gasteiger partial charge in [0.05, 0.1) is 0 Å². The molecule has 0 aliphatic carbocycles. The van der Waals surface area contributed by atoms with E-state index in [1.807, 2.05) is 0 Å². The van der Waals surface area contributed by atoms with Crippen LogP contribution in [0, 0.1) is 0 Å². The molecule has 0 saturated heterocycles. The van der Waals surface area contributed by atoms with Crippen LogP contribution < -0.4 is 18.8 Å². The third kappa shape index (κ3) is 3.46. The number of hydrogen-bond acceptors (Lipinski definition) is 1. The van der Waals surface area contributed by atoms with Crippen LogP contribution in [0.15, 0.2) is 115 Å². The van der Waals surface area contributed by atoms with Gasteiger partial charge in [-0.2, -0.15) is 0 Å². The van der Waals surface area contributed by atoms with Gasteiger partial charge in [-0.15, -0.1) is 0 Å². The van der Waals surface area contributed by atoms with Crippen LogP contribution in [0.2, 0.25) is 0 Å². The van der Waals surface area contributed by atoms with E-state index >= 15 is 0 Å². The molecule has 0 amide bonds. The maximum atomic E-state index is 5.87. The summed E-state index contributed by atoms with van der Waals surface area (Å²) in [5, 5.41) is 0. The fraction of sp³-hybridized carbons (Fsp3) is 0.0400. The molecule has 4 rings (SSSR count). The maximum Gasteiger partial charge on any atom is -0.412 e. The molecule has 0 aliphatic rings. The fourth-order valence-corrected chi connectivity index (χ4v) is 16.3. The molecule has 2 nitrogen and oxygen atoms in total. The first kappa shape index (κ1) is 20.2. The molecule has 0 aromatic heterocycles. The van der Waals surface area contributed by atoms with Crippen molar-refractivity contribution in [1.29, 1.82) is 0 Å². The summed E-state index contributed by atoms with van der Waals surface area (Å²) in [5.41, 5.74) is 0. The summed E-state index contributed by atoms with van der Waals surface area (Å²) in [6, 6.07) is 41.5. The Labute approximate surface area is 170 Å². The van der Waals surface area contributed by atoms with E-state index < -0.39 is 18.8 Å².